The number of carbonyl (C=O) groups excluding carboxylic acids is 2. The van der Waals surface area contributed by atoms with Gasteiger partial charge in [-0.05, 0) is 30.9 Å². The van der Waals surface area contributed by atoms with E-state index in [0.29, 0.717) is 37.3 Å². The normalized spacial score (nSPS) is 25.5. The van der Waals surface area contributed by atoms with Crippen molar-refractivity contribution < 1.29 is 9.59 Å². The molecule has 1 aliphatic heterocycles. The average molecular weight is 332 g/mol. The molecule has 2 heterocycles. The van der Waals surface area contributed by atoms with Crippen molar-refractivity contribution in [3.63, 3.8) is 0 Å². The van der Waals surface area contributed by atoms with Crippen LogP contribution in [0, 0.1) is 5.92 Å². The Morgan fingerprint density at radius 1 is 1.25 bits per heavy atom. The minimum atomic E-state index is 0.0419. The fourth-order valence-electron chi connectivity index (χ4n) is 3.78. The van der Waals surface area contributed by atoms with E-state index in [2.05, 4.69) is 22.1 Å². The van der Waals surface area contributed by atoms with Crippen LogP contribution in [0.4, 0.5) is 0 Å². The van der Waals surface area contributed by atoms with Gasteiger partial charge < -0.3 is 15.2 Å². The Kier molecular flexibility index (Phi) is 5.56. The van der Waals surface area contributed by atoms with Crippen LogP contribution < -0.4 is 5.32 Å². The number of carbonyl (C=O) groups is 2. The molecule has 24 heavy (non-hydrogen) atoms. The van der Waals surface area contributed by atoms with Crippen molar-refractivity contribution in [1.82, 2.24) is 20.1 Å². The van der Waals surface area contributed by atoms with E-state index < -0.39 is 0 Å². The molecule has 6 heteroatoms. The maximum absolute atomic E-state index is 12.3. The number of hydrogen-bond donors (Lipinski definition) is 2. The van der Waals surface area contributed by atoms with Gasteiger partial charge in [-0.15, -0.1) is 0 Å². The van der Waals surface area contributed by atoms with E-state index in [1.807, 2.05) is 11.0 Å². The third-order valence-electron chi connectivity index (χ3n) is 5.16. The molecule has 0 radical (unpaired) electrons. The summed E-state index contributed by atoms with van der Waals surface area (Å²) in [7, 11) is 0. The smallest absolute Gasteiger partial charge is 0.270 e. The second-order valence-electron chi connectivity index (χ2n) is 7.19. The van der Waals surface area contributed by atoms with Gasteiger partial charge in [0.2, 0.25) is 5.91 Å². The van der Waals surface area contributed by atoms with E-state index in [1.165, 1.54) is 12.8 Å². The number of rotatable bonds is 4. The van der Waals surface area contributed by atoms with E-state index in [4.69, 9.17) is 0 Å². The summed E-state index contributed by atoms with van der Waals surface area (Å²) in [6.07, 6.45) is 6.47. The molecular formula is C18H28N4O2. The predicted molar refractivity (Wildman–Crippen MR) is 92.7 cm³/mol. The molecule has 2 amide bonds. The number of aromatic amines is 1. The Balaban J connectivity index is 1.40. The van der Waals surface area contributed by atoms with Gasteiger partial charge >= 0.3 is 0 Å². The molecule has 0 unspecified atom stereocenters. The summed E-state index contributed by atoms with van der Waals surface area (Å²) in [6.45, 7) is 5.55. The SMILES string of the molecule is C[C@H]1CCC[C@@H](NC(=O)CN2CCN(C(=O)c3ccc[nH]3)CC2)C1. The number of amides is 2. The Labute approximate surface area is 143 Å². The molecule has 2 fully saturated rings. The van der Waals surface area contributed by atoms with Crippen LogP contribution in [0.15, 0.2) is 18.3 Å². The van der Waals surface area contributed by atoms with Gasteiger partial charge in [0.1, 0.15) is 5.69 Å². The molecule has 2 N–H and O–H groups in total. The van der Waals surface area contributed by atoms with Gasteiger partial charge in [-0.2, -0.15) is 0 Å². The fraction of sp³-hybridized carbons (Fsp3) is 0.667. The lowest BCUT2D eigenvalue weighted by Crippen LogP contribution is -2.52. The summed E-state index contributed by atoms with van der Waals surface area (Å²) < 4.78 is 0. The molecule has 3 rings (SSSR count). The second kappa shape index (κ2) is 7.83. The first kappa shape index (κ1) is 17.0. The maximum atomic E-state index is 12.3. The minimum absolute atomic E-state index is 0.0419. The van der Waals surface area contributed by atoms with Crippen LogP contribution in [-0.4, -0.2) is 65.4 Å². The zero-order valence-electron chi connectivity index (χ0n) is 14.5. The van der Waals surface area contributed by atoms with Crippen molar-refractivity contribution in [3.05, 3.63) is 24.0 Å². The lowest BCUT2D eigenvalue weighted by molar-refractivity contribution is -0.123. The van der Waals surface area contributed by atoms with Crippen LogP contribution >= 0.6 is 0 Å². The molecule has 1 aromatic rings. The first-order valence-corrected chi connectivity index (χ1v) is 9.06. The highest BCUT2D eigenvalue weighted by Gasteiger charge is 2.25. The van der Waals surface area contributed by atoms with Crippen molar-refractivity contribution in [3.8, 4) is 0 Å². The van der Waals surface area contributed by atoms with Crippen LogP contribution in [0.2, 0.25) is 0 Å². The summed E-state index contributed by atoms with van der Waals surface area (Å²) in [5.41, 5.74) is 0.632. The molecule has 2 aliphatic rings. The van der Waals surface area contributed by atoms with Gasteiger partial charge in [0.05, 0.1) is 6.54 Å². The second-order valence-corrected chi connectivity index (χ2v) is 7.19. The lowest BCUT2D eigenvalue weighted by Gasteiger charge is -2.34. The number of nitrogens with one attached hydrogen (secondary N) is 2. The van der Waals surface area contributed by atoms with Crippen LogP contribution in [0.5, 0.6) is 0 Å². The van der Waals surface area contributed by atoms with Gasteiger partial charge in [0, 0.05) is 38.4 Å². The van der Waals surface area contributed by atoms with Crippen LogP contribution in [0.1, 0.15) is 43.1 Å². The quantitative estimate of drug-likeness (QED) is 0.877. The molecule has 1 saturated heterocycles. The van der Waals surface area contributed by atoms with Gasteiger partial charge in [0.15, 0.2) is 0 Å². The van der Waals surface area contributed by atoms with Crippen molar-refractivity contribution >= 4 is 11.8 Å². The Bertz CT molecular complexity index is 549. The molecule has 0 bridgehead atoms. The van der Waals surface area contributed by atoms with E-state index in [1.54, 1.807) is 12.3 Å². The van der Waals surface area contributed by atoms with Crippen molar-refractivity contribution in [2.75, 3.05) is 32.7 Å². The molecule has 132 valence electrons. The van der Waals surface area contributed by atoms with E-state index >= 15 is 0 Å². The minimum Gasteiger partial charge on any atom is -0.357 e. The molecular weight excluding hydrogens is 304 g/mol. The molecule has 2 atom stereocenters. The first-order chi connectivity index (χ1) is 11.6. The average Bonchev–Trinajstić information content (AvgIpc) is 3.09. The van der Waals surface area contributed by atoms with Crippen LogP contribution in [-0.2, 0) is 4.79 Å². The molecule has 0 aromatic carbocycles. The Morgan fingerprint density at radius 3 is 2.71 bits per heavy atom. The summed E-state index contributed by atoms with van der Waals surface area (Å²) in [5.74, 6) is 0.880. The number of nitrogens with zero attached hydrogens (tertiary/aromatic N) is 2. The zero-order chi connectivity index (χ0) is 16.9. The molecule has 1 aromatic heterocycles. The molecule has 1 saturated carbocycles. The number of H-pyrrole nitrogens is 1. The van der Waals surface area contributed by atoms with Crippen molar-refractivity contribution in [2.24, 2.45) is 5.92 Å². The molecule has 1 aliphatic carbocycles. The summed E-state index contributed by atoms with van der Waals surface area (Å²) in [4.78, 5) is 31.5. The first-order valence-electron chi connectivity index (χ1n) is 9.06. The van der Waals surface area contributed by atoms with Crippen molar-refractivity contribution in [2.45, 2.75) is 38.6 Å². The van der Waals surface area contributed by atoms with E-state index in [0.717, 1.165) is 25.9 Å². The highest BCUT2D eigenvalue weighted by Crippen LogP contribution is 2.23. The zero-order valence-corrected chi connectivity index (χ0v) is 14.5. The summed E-state index contributed by atoms with van der Waals surface area (Å²) in [6, 6.07) is 3.98. The Hall–Kier alpha value is -1.82. The predicted octanol–water partition coefficient (Wildman–Crippen LogP) is 1.47. The van der Waals surface area contributed by atoms with Gasteiger partial charge in [-0.1, -0.05) is 19.8 Å². The van der Waals surface area contributed by atoms with E-state index in [9.17, 15) is 9.59 Å². The highest BCUT2D eigenvalue weighted by molar-refractivity contribution is 5.92. The van der Waals surface area contributed by atoms with Gasteiger partial charge in [0.25, 0.3) is 5.91 Å². The summed E-state index contributed by atoms with van der Waals surface area (Å²) in [5, 5.41) is 3.19. The maximum Gasteiger partial charge on any atom is 0.270 e. The standard InChI is InChI=1S/C18H28N4O2/c1-14-4-2-5-15(12-14)20-17(23)13-21-8-10-22(11-9-21)18(24)16-6-3-7-19-16/h3,6-7,14-15,19H,2,4-5,8-13H2,1H3,(H,20,23)/t14-,15+/m0/s1. The largest absolute Gasteiger partial charge is 0.357 e. The number of hydrogen-bond acceptors (Lipinski definition) is 3. The fourth-order valence-corrected chi connectivity index (χ4v) is 3.78. The van der Waals surface area contributed by atoms with Crippen LogP contribution in [0.3, 0.4) is 0 Å². The number of piperazine rings is 1. The van der Waals surface area contributed by atoms with E-state index in [-0.39, 0.29) is 11.8 Å². The third-order valence-corrected chi connectivity index (χ3v) is 5.16. The highest BCUT2D eigenvalue weighted by atomic mass is 16.2. The Morgan fingerprint density at radius 2 is 2.04 bits per heavy atom. The molecule has 0 spiro atoms. The topological polar surface area (TPSA) is 68.4 Å². The third kappa shape index (κ3) is 4.38. The number of aromatic nitrogens is 1. The van der Waals surface area contributed by atoms with Gasteiger partial charge in [-0.3, -0.25) is 14.5 Å². The van der Waals surface area contributed by atoms with Crippen molar-refractivity contribution in [1.29, 1.82) is 0 Å². The van der Waals surface area contributed by atoms with Gasteiger partial charge in [-0.25, -0.2) is 0 Å². The summed E-state index contributed by atoms with van der Waals surface area (Å²) >= 11 is 0. The monoisotopic (exact) mass is 332 g/mol. The lowest BCUT2D eigenvalue weighted by atomic mass is 9.87. The van der Waals surface area contributed by atoms with Crippen LogP contribution in [0.25, 0.3) is 0 Å². The molecule has 6 nitrogen and oxygen atoms in total.